The molecule has 1 aromatic rings. The SMILES string of the molecule is CCC(NC(=O)c1noc(C2CCCN2)n1)C(C)C. The van der Waals surface area contributed by atoms with E-state index >= 15 is 0 Å². The van der Waals surface area contributed by atoms with Crippen molar-refractivity contribution in [3.05, 3.63) is 11.7 Å². The van der Waals surface area contributed by atoms with E-state index in [9.17, 15) is 4.79 Å². The maximum absolute atomic E-state index is 12.0. The average Bonchev–Trinajstić information content (AvgIpc) is 3.04. The van der Waals surface area contributed by atoms with Crippen molar-refractivity contribution in [1.29, 1.82) is 0 Å². The van der Waals surface area contributed by atoms with E-state index in [1.807, 2.05) is 0 Å². The first kappa shape index (κ1) is 14.0. The van der Waals surface area contributed by atoms with Gasteiger partial charge in [0.2, 0.25) is 5.89 Å². The Morgan fingerprint density at radius 2 is 2.37 bits per heavy atom. The van der Waals surface area contributed by atoms with E-state index in [2.05, 4.69) is 41.5 Å². The monoisotopic (exact) mass is 266 g/mol. The van der Waals surface area contributed by atoms with E-state index in [1.165, 1.54) is 0 Å². The lowest BCUT2D eigenvalue weighted by Gasteiger charge is -2.19. The largest absolute Gasteiger partial charge is 0.346 e. The molecule has 2 rings (SSSR count). The second-order valence-electron chi connectivity index (χ2n) is 5.34. The molecular weight excluding hydrogens is 244 g/mol. The van der Waals surface area contributed by atoms with E-state index in [1.54, 1.807) is 0 Å². The Morgan fingerprint density at radius 3 is 2.95 bits per heavy atom. The Labute approximate surface area is 113 Å². The van der Waals surface area contributed by atoms with Crippen LogP contribution in [0.3, 0.4) is 0 Å². The van der Waals surface area contributed by atoms with Crippen molar-refractivity contribution in [2.24, 2.45) is 5.92 Å². The molecule has 1 fully saturated rings. The number of nitrogens with one attached hydrogen (secondary N) is 2. The van der Waals surface area contributed by atoms with Gasteiger partial charge in [0.15, 0.2) is 0 Å². The van der Waals surface area contributed by atoms with Crippen molar-refractivity contribution in [2.45, 2.75) is 52.1 Å². The van der Waals surface area contributed by atoms with Crippen molar-refractivity contribution in [3.63, 3.8) is 0 Å². The summed E-state index contributed by atoms with van der Waals surface area (Å²) >= 11 is 0. The number of aromatic nitrogens is 2. The molecule has 1 aliphatic heterocycles. The number of hydrogen-bond donors (Lipinski definition) is 2. The van der Waals surface area contributed by atoms with Crippen LogP contribution in [0.1, 0.15) is 62.6 Å². The second-order valence-corrected chi connectivity index (χ2v) is 5.34. The quantitative estimate of drug-likeness (QED) is 0.847. The van der Waals surface area contributed by atoms with Gasteiger partial charge in [0.25, 0.3) is 11.7 Å². The highest BCUT2D eigenvalue weighted by Crippen LogP contribution is 2.21. The third-order valence-electron chi connectivity index (χ3n) is 3.56. The van der Waals surface area contributed by atoms with E-state index in [-0.39, 0.29) is 23.8 Å². The van der Waals surface area contributed by atoms with Crippen LogP contribution in [0.25, 0.3) is 0 Å². The molecule has 19 heavy (non-hydrogen) atoms. The molecular formula is C13H22N4O2. The molecule has 1 aliphatic rings. The summed E-state index contributed by atoms with van der Waals surface area (Å²) < 4.78 is 5.16. The van der Waals surface area contributed by atoms with E-state index in [4.69, 9.17) is 4.52 Å². The van der Waals surface area contributed by atoms with Crippen LogP contribution in [0.4, 0.5) is 0 Å². The lowest BCUT2D eigenvalue weighted by molar-refractivity contribution is 0.0911. The van der Waals surface area contributed by atoms with Gasteiger partial charge in [-0.25, -0.2) is 0 Å². The van der Waals surface area contributed by atoms with Gasteiger partial charge in [-0.1, -0.05) is 25.9 Å². The second kappa shape index (κ2) is 6.14. The maximum atomic E-state index is 12.0. The lowest BCUT2D eigenvalue weighted by Crippen LogP contribution is -2.38. The molecule has 0 bridgehead atoms. The highest BCUT2D eigenvalue weighted by Gasteiger charge is 2.25. The number of carbonyl (C=O) groups excluding carboxylic acids is 1. The average molecular weight is 266 g/mol. The third-order valence-corrected chi connectivity index (χ3v) is 3.56. The zero-order valence-electron chi connectivity index (χ0n) is 11.8. The van der Waals surface area contributed by atoms with Gasteiger partial charge in [0.05, 0.1) is 6.04 Å². The summed E-state index contributed by atoms with van der Waals surface area (Å²) in [6.07, 6.45) is 2.96. The number of carbonyl (C=O) groups is 1. The minimum atomic E-state index is -0.256. The fraction of sp³-hybridized carbons (Fsp3) is 0.769. The lowest BCUT2D eigenvalue weighted by atomic mass is 10.0. The molecule has 0 aromatic carbocycles. The van der Waals surface area contributed by atoms with Gasteiger partial charge in [-0.2, -0.15) is 4.98 Å². The van der Waals surface area contributed by atoms with Gasteiger partial charge in [-0.15, -0.1) is 0 Å². The number of rotatable bonds is 5. The molecule has 2 atom stereocenters. The summed E-state index contributed by atoms with van der Waals surface area (Å²) in [4.78, 5) is 16.2. The molecule has 6 nitrogen and oxygen atoms in total. The van der Waals surface area contributed by atoms with Crippen LogP contribution >= 0.6 is 0 Å². The first-order chi connectivity index (χ1) is 9.11. The van der Waals surface area contributed by atoms with Crippen LogP contribution in [-0.2, 0) is 0 Å². The zero-order chi connectivity index (χ0) is 13.8. The van der Waals surface area contributed by atoms with Gasteiger partial charge < -0.3 is 15.2 Å². The number of nitrogens with zero attached hydrogens (tertiary/aromatic N) is 2. The van der Waals surface area contributed by atoms with E-state index < -0.39 is 0 Å². The molecule has 2 unspecified atom stereocenters. The van der Waals surface area contributed by atoms with Gasteiger partial charge in [0.1, 0.15) is 0 Å². The number of hydrogen-bond acceptors (Lipinski definition) is 5. The van der Waals surface area contributed by atoms with Gasteiger partial charge in [0, 0.05) is 6.04 Å². The van der Waals surface area contributed by atoms with Crippen molar-refractivity contribution >= 4 is 5.91 Å². The van der Waals surface area contributed by atoms with Gasteiger partial charge >= 0.3 is 0 Å². The fourth-order valence-electron chi connectivity index (χ4n) is 2.34. The van der Waals surface area contributed by atoms with Crippen molar-refractivity contribution < 1.29 is 9.32 Å². The van der Waals surface area contributed by atoms with Crippen molar-refractivity contribution in [2.75, 3.05) is 6.54 Å². The maximum Gasteiger partial charge on any atom is 0.292 e. The first-order valence-electron chi connectivity index (χ1n) is 6.99. The molecule has 106 valence electrons. The molecule has 1 amide bonds. The summed E-state index contributed by atoms with van der Waals surface area (Å²) in [5, 5.41) is 9.98. The highest BCUT2D eigenvalue weighted by atomic mass is 16.5. The van der Waals surface area contributed by atoms with E-state index in [0.717, 1.165) is 25.8 Å². The molecule has 0 saturated carbocycles. The van der Waals surface area contributed by atoms with Gasteiger partial charge in [-0.3, -0.25) is 4.79 Å². The number of amides is 1. The predicted octanol–water partition coefficient (Wildman–Crippen LogP) is 1.66. The fourth-order valence-corrected chi connectivity index (χ4v) is 2.34. The molecule has 2 heterocycles. The molecule has 1 aromatic heterocycles. The Bertz CT molecular complexity index is 424. The Morgan fingerprint density at radius 1 is 1.58 bits per heavy atom. The molecule has 0 aliphatic carbocycles. The summed E-state index contributed by atoms with van der Waals surface area (Å²) in [5.41, 5.74) is 0. The normalized spacial score (nSPS) is 20.7. The minimum Gasteiger partial charge on any atom is -0.346 e. The Balaban J connectivity index is 1.99. The standard InChI is InChI=1S/C13H22N4O2/c1-4-9(8(2)3)15-12(18)11-16-13(19-17-11)10-6-5-7-14-10/h8-10,14H,4-7H2,1-3H3,(H,15,18). The van der Waals surface area contributed by atoms with Crippen molar-refractivity contribution in [3.8, 4) is 0 Å². The van der Waals surface area contributed by atoms with Crippen LogP contribution in [0.2, 0.25) is 0 Å². The third kappa shape index (κ3) is 3.32. The van der Waals surface area contributed by atoms with Crippen LogP contribution in [0.5, 0.6) is 0 Å². The molecule has 6 heteroatoms. The summed E-state index contributed by atoms with van der Waals surface area (Å²) in [5.74, 6) is 0.772. The van der Waals surface area contributed by atoms with Crippen molar-refractivity contribution in [1.82, 2.24) is 20.8 Å². The smallest absolute Gasteiger partial charge is 0.292 e. The molecule has 2 N–H and O–H groups in total. The predicted molar refractivity (Wildman–Crippen MR) is 70.7 cm³/mol. The topological polar surface area (TPSA) is 80.0 Å². The van der Waals surface area contributed by atoms with Crippen LogP contribution < -0.4 is 10.6 Å². The van der Waals surface area contributed by atoms with Crippen LogP contribution in [0.15, 0.2) is 4.52 Å². The van der Waals surface area contributed by atoms with E-state index in [0.29, 0.717) is 11.8 Å². The Hall–Kier alpha value is -1.43. The highest BCUT2D eigenvalue weighted by molar-refractivity contribution is 5.90. The van der Waals surface area contributed by atoms with Crippen LogP contribution in [0, 0.1) is 5.92 Å². The zero-order valence-corrected chi connectivity index (χ0v) is 11.8. The first-order valence-corrected chi connectivity index (χ1v) is 6.99. The minimum absolute atomic E-state index is 0.0983. The summed E-state index contributed by atoms with van der Waals surface area (Å²) in [6, 6.07) is 0.236. The Kier molecular flexibility index (Phi) is 4.52. The summed E-state index contributed by atoms with van der Waals surface area (Å²) in [6.45, 7) is 7.17. The molecule has 1 saturated heterocycles. The molecule has 0 spiro atoms. The summed E-state index contributed by atoms with van der Waals surface area (Å²) in [7, 11) is 0. The molecule has 0 radical (unpaired) electrons. The van der Waals surface area contributed by atoms with Gasteiger partial charge in [-0.05, 0) is 31.7 Å². The van der Waals surface area contributed by atoms with Crippen LogP contribution in [-0.4, -0.2) is 28.6 Å².